The van der Waals surface area contributed by atoms with E-state index in [1.54, 1.807) is 0 Å². The van der Waals surface area contributed by atoms with Gasteiger partial charge in [-0.25, -0.2) is 8.42 Å². The summed E-state index contributed by atoms with van der Waals surface area (Å²) in [5.41, 5.74) is 0.220. The summed E-state index contributed by atoms with van der Waals surface area (Å²) in [4.78, 5) is 12.5. The van der Waals surface area contributed by atoms with Gasteiger partial charge in [-0.2, -0.15) is 0 Å². The third kappa shape index (κ3) is 3.98. The molecule has 1 saturated carbocycles. The molecule has 0 radical (unpaired) electrons. The van der Waals surface area contributed by atoms with Crippen LogP contribution < -0.4 is 5.32 Å². The van der Waals surface area contributed by atoms with Crippen molar-refractivity contribution in [2.75, 3.05) is 6.26 Å². The maximum Gasteiger partial charge on any atom is 0.253 e. The van der Waals surface area contributed by atoms with Gasteiger partial charge in [0, 0.05) is 12.3 Å². The summed E-state index contributed by atoms with van der Waals surface area (Å²) < 4.78 is 23.2. The summed E-state index contributed by atoms with van der Waals surface area (Å²) in [5, 5.41) is 3.25. The Kier molecular flexibility index (Phi) is 4.94. The molecular weight excluding hydrogens is 310 g/mol. The van der Waals surface area contributed by atoms with Crippen molar-refractivity contribution in [3.63, 3.8) is 0 Å². The largest absolute Gasteiger partial charge is 0.349 e. The fourth-order valence-electron chi connectivity index (χ4n) is 2.69. The minimum Gasteiger partial charge on any atom is -0.349 e. The molecular formula is C15H20ClNO3S. The average Bonchev–Trinajstić information content (AvgIpc) is 2.40. The second-order valence-electron chi connectivity index (χ2n) is 5.76. The number of sulfone groups is 1. The van der Waals surface area contributed by atoms with E-state index in [0.29, 0.717) is 5.92 Å². The lowest BCUT2D eigenvalue weighted by Crippen LogP contribution is -2.41. The average molecular weight is 330 g/mol. The number of carbonyl (C=O) groups is 1. The van der Waals surface area contributed by atoms with Gasteiger partial charge < -0.3 is 5.32 Å². The standard InChI is InChI=1S/C15H20ClNO3S/c1-10-5-3-4-6-14(10)17-15(18)12-9-11(21(2,19)20)7-8-13(12)16/h7-10,14H,3-6H2,1-2H3,(H,17,18). The predicted octanol–water partition coefficient (Wildman–Crippen LogP) is 3.05. The molecule has 1 aliphatic rings. The Labute approximate surface area is 130 Å². The Hall–Kier alpha value is -1.07. The molecule has 6 heteroatoms. The summed E-state index contributed by atoms with van der Waals surface area (Å²) in [6, 6.07) is 4.35. The van der Waals surface area contributed by atoms with E-state index >= 15 is 0 Å². The fourth-order valence-corrected chi connectivity index (χ4v) is 3.54. The van der Waals surface area contributed by atoms with E-state index in [0.717, 1.165) is 25.5 Å². The van der Waals surface area contributed by atoms with Gasteiger partial charge in [-0.05, 0) is 37.0 Å². The van der Waals surface area contributed by atoms with E-state index in [4.69, 9.17) is 11.6 Å². The van der Waals surface area contributed by atoms with Gasteiger partial charge in [-0.15, -0.1) is 0 Å². The molecule has 0 aliphatic heterocycles. The molecule has 2 rings (SSSR count). The topological polar surface area (TPSA) is 63.2 Å². The van der Waals surface area contributed by atoms with Crippen molar-refractivity contribution in [1.82, 2.24) is 5.32 Å². The molecule has 2 atom stereocenters. The number of carbonyl (C=O) groups excluding carboxylic acids is 1. The van der Waals surface area contributed by atoms with Crippen LogP contribution in [0.3, 0.4) is 0 Å². The van der Waals surface area contributed by atoms with Crippen LogP contribution in [0.2, 0.25) is 5.02 Å². The molecule has 0 heterocycles. The van der Waals surface area contributed by atoms with Crippen LogP contribution in [0.25, 0.3) is 0 Å². The highest BCUT2D eigenvalue weighted by molar-refractivity contribution is 7.90. The SMILES string of the molecule is CC1CCCCC1NC(=O)c1cc(S(C)(=O)=O)ccc1Cl. The highest BCUT2D eigenvalue weighted by atomic mass is 35.5. The van der Waals surface area contributed by atoms with Crippen molar-refractivity contribution in [2.24, 2.45) is 5.92 Å². The zero-order valence-corrected chi connectivity index (χ0v) is 13.8. The third-order valence-electron chi connectivity index (χ3n) is 4.04. The second-order valence-corrected chi connectivity index (χ2v) is 8.18. The minimum atomic E-state index is -3.36. The summed E-state index contributed by atoms with van der Waals surface area (Å²) in [5.74, 6) is 0.129. The summed E-state index contributed by atoms with van der Waals surface area (Å²) in [6.07, 6.45) is 5.46. The first-order chi connectivity index (χ1) is 9.79. The molecule has 0 spiro atoms. The van der Waals surface area contributed by atoms with Crippen LogP contribution in [0.5, 0.6) is 0 Å². The number of nitrogens with one attached hydrogen (secondary N) is 1. The molecule has 1 fully saturated rings. The number of hydrogen-bond donors (Lipinski definition) is 1. The Morgan fingerprint density at radius 3 is 2.57 bits per heavy atom. The Bertz CT molecular complexity index is 642. The van der Waals surface area contributed by atoms with Crippen molar-refractivity contribution in [3.05, 3.63) is 28.8 Å². The van der Waals surface area contributed by atoms with Gasteiger partial charge in [0.1, 0.15) is 0 Å². The lowest BCUT2D eigenvalue weighted by atomic mass is 9.86. The molecule has 2 unspecified atom stereocenters. The van der Waals surface area contributed by atoms with Crippen LogP contribution >= 0.6 is 11.6 Å². The molecule has 0 saturated heterocycles. The lowest BCUT2D eigenvalue weighted by molar-refractivity contribution is 0.0910. The van der Waals surface area contributed by atoms with Gasteiger partial charge in [0.2, 0.25) is 0 Å². The van der Waals surface area contributed by atoms with E-state index < -0.39 is 9.84 Å². The first-order valence-electron chi connectivity index (χ1n) is 7.09. The quantitative estimate of drug-likeness (QED) is 0.927. The first kappa shape index (κ1) is 16.3. The van der Waals surface area contributed by atoms with Gasteiger partial charge in [-0.3, -0.25) is 4.79 Å². The lowest BCUT2D eigenvalue weighted by Gasteiger charge is -2.29. The van der Waals surface area contributed by atoms with Crippen molar-refractivity contribution in [2.45, 2.75) is 43.5 Å². The van der Waals surface area contributed by atoms with Gasteiger partial charge in [0.25, 0.3) is 5.91 Å². The second kappa shape index (κ2) is 6.36. The van der Waals surface area contributed by atoms with Crippen LogP contribution in [0.15, 0.2) is 23.1 Å². The molecule has 1 aromatic carbocycles. The van der Waals surface area contributed by atoms with Gasteiger partial charge >= 0.3 is 0 Å². The predicted molar refractivity (Wildman–Crippen MR) is 83.4 cm³/mol. The molecule has 4 nitrogen and oxygen atoms in total. The van der Waals surface area contributed by atoms with Crippen molar-refractivity contribution in [3.8, 4) is 0 Å². The molecule has 0 aromatic heterocycles. The fraction of sp³-hybridized carbons (Fsp3) is 0.533. The Balaban J connectivity index is 2.22. The van der Waals surface area contributed by atoms with Crippen molar-refractivity contribution in [1.29, 1.82) is 0 Å². The molecule has 116 valence electrons. The molecule has 0 bridgehead atoms. The van der Waals surface area contributed by atoms with E-state index in [1.807, 2.05) is 0 Å². The zero-order chi connectivity index (χ0) is 15.6. The van der Waals surface area contributed by atoms with Crippen LogP contribution in [0, 0.1) is 5.92 Å². The van der Waals surface area contributed by atoms with Gasteiger partial charge in [0.15, 0.2) is 9.84 Å². The molecule has 21 heavy (non-hydrogen) atoms. The number of rotatable bonds is 3. The van der Waals surface area contributed by atoms with Crippen molar-refractivity contribution < 1.29 is 13.2 Å². The summed E-state index contributed by atoms with van der Waals surface area (Å²) >= 11 is 6.04. The van der Waals surface area contributed by atoms with Crippen molar-refractivity contribution >= 4 is 27.3 Å². The Morgan fingerprint density at radius 1 is 1.29 bits per heavy atom. The van der Waals surface area contributed by atoms with Gasteiger partial charge in [-0.1, -0.05) is 31.4 Å². The van der Waals surface area contributed by atoms with E-state index in [1.165, 1.54) is 24.6 Å². The molecule has 1 aromatic rings. The van der Waals surface area contributed by atoms with Crippen LogP contribution in [-0.2, 0) is 9.84 Å². The normalized spacial score (nSPS) is 22.8. The number of amides is 1. The first-order valence-corrected chi connectivity index (χ1v) is 9.36. The number of hydrogen-bond acceptors (Lipinski definition) is 3. The number of benzene rings is 1. The number of halogens is 1. The minimum absolute atomic E-state index is 0.105. The van der Waals surface area contributed by atoms with Crippen LogP contribution in [-0.4, -0.2) is 26.6 Å². The zero-order valence-electron chi connectivity index (χ0n) is 12.2. The smallest absolute Gasteiger partial charge is 0.253 e. The highest BCUT2D eigenvalue weighted by Crippen LogP contribution is 2.25. The van der Waals surface area contributed by atoms with E-state index in [2.05, 4.69) is 12.2 Å². The highest BCUT2D eigenvalue weighted by Gasteiger charge is 2.24. The summed E-state index contributed by atoms with van der Waals surface area (Å²) in [6.45, 7) is 2.12. The molecule has 1 aliphatic carbocycles. The molecule has 1 amide bonds. The van der Waals surface area contributed by atoms with E-state index in [9.17, 15) is 13.2 Å². The monoisotopic (exact) mass is 329 g/mol. The Morgan fingerprint density at radius 2 is 1.95 bits per heavy atom. The summed E-state index contributed by atoms with van der Waals surface area (Å²) in [7, 11) is -3.36. The maximum atomic E-state index is 12.4. The van der Waals surface area contributed by atoms with Crippen LogP contribution in [0.4, 0.5) is 0 Å². The third-order valence-corrected chi connectivity index (χ3v) is 5.48. The van der Waals surface area contributed by atoms with Crippen LogP contribution in [0.1, 0.15) is 43.0 Å². The molecule has 1 N–H and O–H groups in total. The van der Waals surface area contributed by atoms with Gasteiger partial charge in [0.05, 0.1) is 15.5 Å². The maximum absolute atomic E-state index is 12.4. The van der Waals surface area contributed by atoms with E-state index in [-0.39, 0.29) is 27.4 Å².